The molecule has 7 nitrogen and oxygen atoms in total. The molecular formula is C15H20N6O. The highest BCUT2D eigenvalue weighted by Gasteiger charge is 2.29. The van der Waals surface area contributed by atoms with Gasteiger partial charge in [-0.1, -0.05) is 17.2 Å². The van der Waals surface area contributed by atoms with Gasteiger partial charge in [0.2, 0.25) is 5.95 Å². The number of hydrogen-bond donors (Lipinski definition) is 0. The van der Waals surface area contributed by atoms with Crippen molar-refractivity contribution in [3.8, 4) is 0 Å². The summed E-state index contributed by atoms with van der Waals surface area (Å²) >= 11 is 0. The van der Waals surface area contributed by atoms with Crippen LogP contribution in [-0.4, -0.2) is 58.2 Å². The van der Waals surface area contributed by atoms with Crippen LogP contribution >= 0.6 is 0 Å². The summed E-state index contributed by atoms with van der Waals surface area (Å²) in [6.07, 6.45) is 2.40. The lowest BCUT2D eigenvalue weighted by Gasteiger charge is -2.16. The molecule has 1 fully saturated rings. The zero-order valence-electron chi connectivity index (χ0n) is 13.1. The van der Waals surface area contributed by atoms with Crippen molar-refractivity contribution in [3.05, 3.63) is 35.4 Å². The Morgan fingerprint density at radius 2 is 1.91 bits per heavy atom. The summed E-state index contributed by atoms with van der Waals surface area (Å²) in [5, 5.41) is 12.0. The Balaban J connectivity index is 1.74. The largest absolute Gasteiger partial charge is 0.345 e. The Morgan fingerprint density at radius 3 is 2.50 bits per heavy atom. The normalized spacial score (nSPS) is 14.0. The summed E-state index contributed by atoms with van der Waals surface area (Å²) in [6.45, 7) is 0.593. The Morgan fingerprint density at radius 1 is 1.23 bits per heavy atom. The van der Waals surface area contributed by atoms with Gasteiger partial charge in [0, 0.05) is 32.7 Å². The second kappa shape index (κ2) is 5.75. The lowest BCUT2D eigenvalue weighted by Crippen LogP contribution is -2.24. The molecule has 0 radical (unpaired) electrons. The SMILES string of the molecule is CN(C)C(=O)c1ccc(Cn2nnnc2N(C)C2CC2)cc1. The maximum atomic E-state index is 11.9. The minimum Gasteiger partial charge on any atom is -0.345 e. The molecule has 0 spiro atoms. The number of tetrazole rings is 1. The number of rotatable bonds is 5. The van der Waals surface area contributed by atoms with Gasteiger partial charge in [-0.05, 0) is 41.0 Å². The van der Waals surface area contributed by atoms with E-state index in [1.807, 2.05) is 31.3 Å². The van der Waals surface area contributed by atoms with E-state index in [0.717, 1.165) is 11.5 Å². The molecule has 0 atom stereocenters. The Bertz CT molecular complexity index is 659. The van der Waals surface area contributed by atoms with Crippen LogP contribution < -0.4 is 4.90 Å². The van der Waals surface area contributed by atoms with Crippen LogP contribution in [-0.2, 0) is 6.54 Å². The van der Waals surface area contributed by atoms with Gasteiger partial charge in [-0.3, -0.25) is 4.79 Å². The zero-order chi connectivity index (χ0) is 15.7. The fraction of sp³-hybridized carbons (Fsp3) is 0.467. The van der Waals surface area contributed by atoms with Crippen molar-refractivity contribution in [1.82, 2.24) is 25.1 Å². The minimum atomic E-state index is 0.00290. The van der Waals surface area contributed by atoms with E-state index >= 15 is 0 Å². The van der Waals surface area contributed by atoms with Gasteiger partial charge in [-0.15, -0.1) is 0 Å². The fourth-order valence-electron chi connectivity index (χ4n) is 2.36. The van der Waals surface area contributed by atoms with Gasteiger partial charge in [-0.25, -0.2) is 4.68 Å². The standard InChI is InChI=1S/C15H20N6O/c1-19(2)14(22)12-6-4-11(5-7-12)10-21-15(16-17-18-21)20(3)13-8-9-13/h4-7,13H,8-10H2,1-3H3. The van der Waals surface area contributed by atoms with E-state index in [1.165, 1.54) is 12.8 Å². The molecule has 0 aliphatic heterocycles. The molecule has 1 aliphatic carbocycles. The lowest BCUT2D eigenvalue weighted by molar-refractivity contribution is 0.0827. The molecule has 1 amide bonds. The molecule has 116 valence electrons. The van der Waals surface area contributed by atoms with Gasteiger partial charge in [0.1, 0.15) is 0 Å². The van der Waals surface area contributed by atoms with Gasteiger partial charge in [0.15, 0.2) is 0 Å². The number of benzene rings is 1. The van der Waals surface area contributed by atoms with E-state index in [4.69, 9.17) is 0 Å². The molecule has 0 N–H and O–H groups in total. The highest BCUT2D eigenvalue weighted by atomic mass is 16.2. The van der Waals surface area contributed by atoms with Crippen LogP contribution in [0.25, 0.3) is 0 Å². The average Bonchev–Trinajstić information content (AvgIpc) is 3.27. The maximum absolute atomic E-state index is 11.9. The summed E-state index contributed by atoms with van der Waals surface area (Å²) in [7, 11) is 5.52. The number of amides is 1. The van der Waals surface area contributed by atoms with Crippen LogP contribution in [0, 0.1) is 0 Å². The third-order valence-corrected chi connectivity index (χ3v) is 3.86. The first-order chi connectivity index (χ1) is 10.6. The van der Waals surface area contributed by atoms with Crippen molar-refractivity contribution < 1.29 is 4.79 Å². The van der Waals surface area contributed by atoms with Crippen LogP contribution in [0.1, 0.15) is 28.8 Å². The molecular weight excluding hydrogens is 280 g/mol. The third kappa shape index (κ3) is 2.93. The molecule has 2 aromatic rings. The first-order valence-corrected chi connectivity index (χ1v) is 7.36. The van der Waals surface area contributed by atoms with E-state index in [-0.39, 0.29) is 5.91 Å². The molecule has 22 heavy (non-hydrogen) atoms. The lowest BCUT2D eigenvalue weighted by atomic mass is 10.1. The van der Waals surface area contributed by atoms with Gasteiger partial charge in [0.25, 0.3) is 5.91 Å². The molecule has 0 bridgehead atoms. The number of nitrogens with zero attached hydrogens (tertiary/aromatic N) is 6. The van der Waals surface area contributed by atoms with E-state index in [1.54, 1.807) is 23.7 Å². The summed E-state index contributed by atoms with van der Waals surface area (Å²) in [6, 6.07) is 8.13. The van der Waals surface area contributed by atoms with E-state index in [0.29, 0.717) is 18.2 Å². The molecule has 1 heterocycles. The van der Waals surface area contributed by atoms with Gasteiger partial charge in [-0.2, -0.15) is 0 Å². The van der Waals surface area contributed by atoms with Crippen LogP contribution in [0.15, 0.2) is 24.3 Å². The molecule has 1 saturated carbocycles. The highest BCUT2D eigenvalue weighted by molar-refractivity contribution is 5.93. The predicted molar refractivity (Wildman–Crippen MR) is 82.8 cm³/mol. The second-order valence-corrected chi connectivity index (χ2v) is 5.88. The topological polar surface area (TPSA) is 67.2 Å². The van der Waals surface area contributed by atoms with E-state index in [9.17, 15) is 4.79 Å². The molecule has 0 unspecified atom stereocenters. The summed E-state index contributed by atoms with van der Waals surface area (Å²) < 4.78 is 1.79. The monoisotopic (exact) mass is 300 g/mol. The zero-order valence-corrected chi connectivity index (χ0v) is 13.1. The van der Waals surface area contributed by atoms with Crippen LogP contribution in [0.5, 0.6) is 0 Å². The first kappa shape index (κ1) is 14.5. The van der Waals surface area contributed by atoms with Crippen LogP contribution in [0.2, 0.25) is 0 Å². The summed E-state index contributed by atoms with van der Waals surface area (Å²) in [5.41, 5.74) is 1.74. The van der Waals surface area contributed by atoms with Crippen molar-refractivity contribution in [2.45, 2.75) is 25.4 Å². The fourth-order valence-corrected chi connectivity index (χ4v) is 2.36. The Labute approximate surface area is 129 Å². The number of aromatic nitrogens is 4. The third-order valence-electron chi connectivity index (χ3n) is 3.86. The van der Waals surface area contributed by atoms with Crippen LogP contribution in [0.4, 0.5) is 5.95 Å². The van der Waals surface area contributed by atoms with Crippen molar-refractivity contribution in [2.24, 2.45) is 0 Å². The molecule has 1 aromatic carbocycles. The minimum absolute atomic E-state index is 0.00290. The summed E-state index contributed by atoms with van der Waals surface area (Å²) in [5.74, 6) is 0.791. The van der Waals surface area contributed by atoms with Crippen molar-refractivity contribution in [1.29, 1.82) is 0 Å². The van der Waals surface area contributed by atoms with Crippen molar-refractivity contribution >= 4 is 11.9 Å². The van der Waals surface area contributed by atoms with Crippen molar-refractivity contribution in [3.63, 3.8) is 0 Å². The number of carbonyl (C=O) groups excluding carboxylic acids is 1. The Hall–Kier alpha value is -2.44. The van der Waals surface area contributed by atoms with E-state index < -0.39 is 0 Å². The van der Waals surface area contributed by atoms with Crippen molar-refractivity contribution in [2.75, 3.05) is 26.0 Å². The van der Waals surface area contributed by atoms with Gasteiger partial charge >= 0.3 is 0 Å². The quantitative estimate of drug-likeness (QED) is 0.825. The number of anilines is 1. The molecule has 0 saturated heterocycles. The average molecular weight is 300 g/mol. The highest BCUT2D eigenvalue weighted by Crippen LogP contribution is 2.28. The molecule has 1 aliphatic rings. The predicted octanol–water partition coefficient (Wildman–Crippen LogP) is 1.02. The van der Waals surface area contributed by atoms with Gasteiger partial charge in [0.05, 0.1) is 6.54 Å². The molecule has 3 rings (SSSR count). The second-order valence-electron chi connectivity index (χ2n) is 5.88. The van der Waals surface area contributed by atoms with Gasteiger partial charge < -0.3 is 9.80 Å². The summed E-state index contributed by atoms with van der Waals surface area (Å²) in [4.78, 5) is 15.6. The number of hydrogen-bond acceptors (Lipinski definition) is 5. The molecule has 1 aromatic heterocycles. The van der Waals surface area contributed by atoms with E-state index in [2.05, 4.69) is 20.4 Å². The van der Waals surface area contributed by atoms with Crippen LogP contribution in [0.3, 0.4) is 0 Å². The maximum Gasteiger partial charge on any atom is 0.253 e. The molecule has 7 heteroatoms. The Kier molecular flexibility index (Phi) is 3.79. The number of carbonyl (C=O) groups is 1. The first-order valence-electron chi connectivity index (χ1n) is 7.36. The smallest absolute Gasteiger partial charge is 0.253 e.